The van der Waals surface area contributed by atoms with Gasteiger partial charge < -0.3 is 14.2 Å². The fourth-order valence-corrected chi connectivity index (χ4v) is 3.17. The third kappa shape index (κ3) is 3.98. The van der Waals surface area contributed by atoms with E-state index in [0.717, 1.165) is 0 Å². The number of methoxy groups -OCH3 is 3. The molecule has 0 aromatic heterocycles. The van der Waals surface area contributed by atoms with Gasteiger partial charge in [0.05, 0.1) is 27.0 Å². The van der Waals surface area contributed by atoms with Crippen molar-refractivity contribution in [2.45, 2.75) is 12.6 Å². The van der Waals surface area contributed by atoms with Crippen molar-refractivity contribution in [1.29, 1.82) is 0 Å². The van der Waals surface area contributed by atoms with Gasteiger partial charge in [0.15, 0.2) is 11.5 Å². The van der Waals surface area contributed by atoms with Crippen molar-refractivity contribution in [1.82, 2.24) is 5.43 Å². The number of benzene rings is 2. The van der Waals surface area contributed by atoms with Gasteiger partial charge in [-0.3, -0.25) is 4.79 Å². The van der Waals surface area contributed by atoms with Gasteiger partial charge in [0.25, 0.3) is 5.91 Å². The maximum absolute atomic E-state index is 13.1. The minimum absolute atomic E-state index is 0.120. The van der Waals surface area contributed by atoms with Crippen LogP contribution in [0, 0.1) is 5.92 Å². The van der Waals surface area contributed by atoms with Crippen LogP contribution < -0.4 is 19.6 Å². The molecular weight excluding hydrogens is 389 g/mol. The molecule has 0 spiro atoms. The number of rotatable bonds is 5. The summed E-state index contributed by atoms with van der Waals surface area (Å²) >= 11 is 0. The molecule has 2 aromatic rings. The number of hydrazone groups is 1. The molecule has 6 nitrogen and oxygen atoms in total. The average Bonchev–Trinajstić information content (AvgIpc) is 2.72. The van der Waals surface area contributed by atoms with Crippen LogP contribution >= 0.6 is 0 Å². The van der Waals surface area contributed by atoms with E-state index in [-0.39, 0.29) is 5.71 Å². The molecule has 1 unspecified atom stereocenters. The van der Waals surface area contributed by atoms with Gasteiger partial charge in [0, 0.05) is 23.1 Å². The third-order valence-corrected chi connectivity index (χ3v) is 4.64. The van der Waals surface area contributed by atoms with Gasteiger partial charge >= 0.3 is 6.18 Å². The number of nitrogens with one attached hydrogen (secondary N) is 1. The van der Waals surface area contributed by atoms with Gasteiger partial charge in [-0.2, -0.15) is 18.3 Å². The van der Waals surface area contributed by atoms with Crippen LogP contribution in [0.5, 0.6) is 17.2 Å². The number of para-hydroxylation sites is 1. The second kappa shape index (κ2) is 8.02. The van der Waals surface area contributed by atoms with Crippen LogP contribution in [0.2, 0.25) is 0 Å². The monoisotopic (exact) mass is 408 g/mol. The number of halogens is 3. The Morgan fingerprint density at radius 2 is 1.72 bits per heavy atom. The maximum atomic E-state index is 13.1. The maximum Gasteiger partial charge on any atom is 0.400 e. The van der Waals surface area contributed by atoms with Crippen LogP contribution in [-0.2, 0) is 4.79 Å². The Balaban J connectivity index is 2.02. The number of hydrogen-bond donors (Lipinski definition) is 1. The normalized spacial score (nSPS) is 16.7. The first-order valence-electron chi connectivity index (χ1n) is 8.63. The molecule has 1 aliphatic rings. The molecular formula is C20H19F3N2O4. The van der Waals surface area contributed by atoms with E-state index in [4.69, 9.17) is 14.2 Å². The predicted octanol–water partition coefficient (Wildman–Crippen LogP) is 3.78. The Labute approximate surface area is 165 Å². The Hall–Kier alpha value is -3.23. The van der Waals surface area contributed by atoms with Crippen molar-refractivity contribution in [2.75, 3.05) is 21.3 Å². The highest BCUT2D eigenvalue weighted by Crippen LogP contribution is 2.42. The third-order valence-electron chi connectivity index (χ3n) is 4.64. The number of amides is 1. The average molecular weight is 408 g/mol. The molecule has 1 atom stereocenters. The lowest BCUT2D eigenvalue weighted by atomic mass is 9.93. The summed E-state index contributed by atoms with van der Waals surface area (Å²) in [4.78, 5) is 11.5. The molecule has 0 bridgehead atoms. The van der Waals surface area contributed by atoms with Crippen LogP contribution in [-0.4, -0.2) is 39.1 Å². The second-order valence-corrected chi connectivity index (χ2v) is 6.29. The second-order valence-electron chi connectivity index (χ2n) is 6.29. The number of nitrogens with zero attached hydrogens (tertiary/aromatic N) is 1. The van der Waals surface area contributed by atoms with Gasteiger partial charge in [-0.05, 0) is 18.2 Å². The number of ether oxygens (including phenoxy) is 3. The first-order valence-corrected chi connectivity index (χ1v) is 8.63. The summed E-state index contributed by atoms with van der Waals surface area (Å²) in [5, 5.41) is 3.80. The lowest BCUT2D eigenvalue weighted by molar-refractivity contribution is -0.182. The standard InChI is InChI=1S/C20H19F3N2O4/c1-27-16-6-4-5-13(18(16)29-3)12-8-7-11(9-17(12)28-2)15-10-14(20(21,22)23)19(26)25-24-15/h4-9,14H,10H2,1-3H3,(H,25,26). The zero-order valence-electron chi connectivity index (χ0n) is 16.0. The molecule has 2 aromatic carbocycles. The van der Waals surface area contributed by atoms with E-state index in [1.54, 1.807) is 30.3 Å². The zero-order chi connectivity index (χ0) is 21.2. The minimum Gasteiger partial charge on any atom is -0.496 e. The SMILES string of the molecule is COc1cc(C2=NNC(=O)C(C(F)(F)F)C2)ccc1-c1cccc(OC)c1OC. The topological polar surface area (TPSA) is 69.2 Å². The quantitative estimate of drug-likeness (QED) is 0.818. The highest BCUT2D eigenvalue weighted by atomic mass is 19.4. The Bertz CT molecular complexity index is 957. The van der Waals surface area contributed by atoms with E-state index in [1.807, 2.05) is 11.5 Å². The molecule has 3 rings (SSSR count). The molecule has 0 aliphatic carbocycles. The number of carbonyl (C=O) groups is 1. The van der Waals surface area contributed by atoms with Gasteiger partial charge in [-0.25, -0.2) is 5.43 Å². The molecule has 1 amide bonds. The van der Waals surface area contributed by atoms with Crippen molar-refractivity contribution >= 4 is 11.6 Å². The number of hydrogen-bond acceptors (Lipinski definition) is 5. The fraction of sp³-hybridized carbons (Fsp3) is 0.300. The fourth-order valence-electron chi connectivity index (χ4n) is 3.17. The van der Waals surface area contributed by atoms with Crippen molar-refractivity contribution < 1.29 is 32.2 Å². The lowest BCUT2D eigenvalue weighted by Gasteiger charge is -2.24. The van der Waals surface area contributed by atoms with E-state index in [2.05, 4.69) is 5.10 Å². The summed E-state index contributed by atoms with van der Waals surface area (Å²) in [7, 11) is 4.49. The van der Waals surface area contributed by atoms with Gasteiger partial charge in [0.2, 0.25) is 0 Å². The summed E-state index contributed by atoms with van der Waals surface area (Å²) in [6.45, 7) is 0. The van der Waals surface area contributed by atoms with Crippen LogP contribution in [0.15, 0.2) is 41.5 Å². The van der Waals surface area contributed by atoms with E-state index < -0.39 is 24.4 Å². The molecule has 29 heavy (non-hydrogen) atoms. The Kier molecular flexibility index (Phi) is 5.67. The summed E-state index contributed by atoms with van der Waals surface area (Å²) < 4.78 is 55.5. The molecule has 154 valence electrons. The van der Waals surface area contributed by atoms with Crippen LogP contribution in [0.25, 0.3) is 11.1 Å². The van der Waals surface area contributed by atoms with Crippen molar-refractivity contribution in [3.05, 3.63) is 42.0 Å². The molecule has 1 aliphatic heterocycles. The van der Waals surface area contributed by atoms with E-state index in [0.29, 0.717) is 33.9 Å². The summed E-state index contributed by atoms with van der Waals surface area (Å²) in [6.07, 6.45) is -5.19. The van der Waals surface area contributed by atoms with Crippen molar-refractivity contribution in [3.8, 4) is 28.4 Å². The largest absolute Gasteiger partial charge is 0.496 e. The molecule has 0 fully saturated rings. The number of carbonyl (C=O) groups excluding carboxylic acids is 1. The molecule has 0 saturated carbocycles. The lowest BCUT2D eigenvalue weighted by Crippen LogP contribution is -2.42. The minimum atomic E-state index is -4.65. The Morgan fingerprint density at radius 3 is 2.34 bits per heavy atom. The summed E-state index contributed by atoms with van der Waals surface area (Å²) in [5.74, 6) is -1.86. The summed E-state index contributed by atoms with van der Waals surface area (Å²) in [5.41, 5.74) is 3.86. The van der Waals surface area contributed by atoms with Crippen LogP contribution in [0.3, 0.4) is 0 Å². The van der Waals surface area contributed by atoms with Crippen LogP contribution in [0.4, 0.5) is 13.2 Å². The van der Waals surface area contributed by atoms with E-state index >= 15 is 0 Å². The van der Waals surface area contributed by atoms with Crippen molar-refractivity contribution in [3.63, 3.8) is 0 Å². The molecule has 1 N–H and O–H groups in total. The first kappa shape index (κ1) is 20.5. The molecule has 1 heterocycles. The van der Waals surface area contributed by atoms with E-state index in [9.17, 15) is 18.0 Å². The predicted molar refractivity (Wildman–Crippen MR) is 100 cm³/mol. The van der Waals surface area contributed by atoms with Gasteiger partial charge in [0.1, 0.15) is 11.7 Å². The highest BCUT2D eigenvalue weighted by molar-refractivity contribution is 6.05. The molecule has 9 heteroatoms. The number of alkyl halides is 3. The van der Waals surface area contributed by atoms with E-state index in [1.165, 1.54) is 21.3 Å². The molecule has 0 saturated heterocycles. The molecule has 0 radical (unpaired) electrons. The zero-order valence-corrected chi connectivity index (χ0v) is 16.0. The van der Waals surface area contributed by atoms with Gasteiger partial charge in [-0.15, -0.1) is 0 Å². The highest BCUT2D eigenvalue weighted by Gasteiger charge is 2.47. The van der Waals surface area contributed by atoms with Crippen LogP contribution in [0.1, 0.15) is 12.0 Å². The first-order chi connectivity index (χ1) is 13.8. The summed E-state index contributed by atoms with van der Waals surface area (Å²) in [6, 6.07) is 10.3. The van der Waals surface area contributed by atoms with Crippen molar-refractivity contribution in [2.24, 2.45) is 11.0 Å². The smallest absolute Gasteiger partial charge is 0.400 e. The Morgan fingerprint density at radius 1 is 1.00 bits per heavy atom. The van der Waals surface area contributed by atoms with Gasteiger partial charge in [-0.1, -0.05) is 18.2 Å².